The number of nitrogens with one attached hydrogen (secondary N) is 1. The van der Waals surface area contributed by atoms with Gasteiger partial charge in [0, 0.05) is 33.8 Å². The van der Waals surface area contributed by atoms with Crippen LogP contribution in [0.1, 0.15) is 35.1 Å². The van der Waals surface area contributed by atoms with E-state index in [1.165, 1.54) is 33.4 Å². The van der Waals surface area contributed by atoms with Gasteiger partial charge in [-0.05, 0) is 95.5 Å². The van der Waals surface area contributed by atoms with Crippen LogP contribution in [-0.2, 0) is 12.8 Å². The Morgan fingerprint density at radius 2 is 1.05 bits per heavy atom. The number of benzene rings is 7. The van der Waals surface area contributed by atoms with E-state index >= 15 is 0 Å². The van der Waals surface area contributed by atoms with Gasteiger partial charge >= 0.3 is 0 Å². The van der Waals surface area contributed by atoms with Gasteiger partial charge in [0.1, 0.15) is 0 Å². The number of hydrogen-bond acceptors (Lipinski definition) is 4. The van der Waals surface area contributed by atoms with Crippen LogP contribution in [0.4, 0.5) is 17.1 Å². The SMILES string of the molecule is C1=C\C(Cc2cccc(Cc3ccccc3Nc3ccccc3)c2)=C/C/C(c2ccccc2)=C\C/1.Nc1cccc(-c2nc(-c3ccccc3)cc(-c3ccccc3)n2)c1. The second-order valence-electron chi connectivity index (χ2n) is 14.9. The minimum absolute atomic E-state index is 0.674. The van der Waals surface area contributed by atoms with Crippen molar-refractivity contribution in [3.63, 3.8) is 0 Å². The quantitative estimate of drug-likeness (QED) is 0.136. The molecule has 0 amide bonds. The van der Waals surface area contributed by atoms with Crippen molar-refractivity contribution in [3.8, 4) is 33.9 Å². The average molecular weight is 777 g/mol. The van der Waals surface area contributed by atoms with Crippen molar-refractivity contribution in [2.24, 2.45) is 0 Å². The van der Waals surface area contributed by atoms with Crippen LogP contribution < -0.4 is 11.1 Å². The number of aromatic nitrogens is 2. The fourth-order valence-electron chi connectivity index (χ4n) is 7.39. The molecule has 0 fully saturated rings. The maximum atomic E-state index is 5.94. The van der Waals surface area contributed by atoms with E-state index in [2.05, 4.69) is 157 Å². The summed E-state index contributed by atoms with van der Waals surface area (Å²) in [6, 6.07) is 68.7. The van der Waals surface area contributed by atoms with Gasteiger partial charge in [0.2, 0.25) is 0 Å². The molecule has 0 aliphatic heterocycles. The fraction of sp³-hybridized carbons (Fsp3) is 0.0714. The number of hydrogen-bond donors (Lipinski definition) is 2. The van der Waals surface area contributed by atoms with Gasteiger partial charge < -0.3 is 11.1 Å². The average Bonchev–Trinajstić information content (AvgIpc) is 3.29. The molecule has 0 saturated heterocycles. The maximum Gasteiger partial charge on any atom is 0.160 e. The number of allylic oxidation sites excluding steroid dienone is 6. The lowest BCUT2D eigenvalue weighted by Gasteiger charge is -2.13. The summed E-state index contributed by atoms with van der Waals surface area (Å²) in [6.07, 6.45) is 13.1. The molecule has 1 aromatic heterocycles. The van der Waals surface area contributed by atoms with Crippen LogP contribution in [-0.4, -0.2) is 9.97 Å². The van der Waals surface area contributed by atoms with Crippen LogP contribution in [0.15, 0.2) is 230 Å². The van der Waals surface area contributed by atoms with E-state index in [1.807, 2.05) is 72.8 Å². The standard InChI is InChI=1S/C34H31N.C22H17N3/c1-3-15-30(16-4-1)31-17-8-7-12-27(22-23-31)24-28-13-11-14-29(25-28)26-32-18-9-10-21-34(32)35-33-19-5-2-6-20-33;23-19-13-7-12-18(14-19)22-24-20(16-8-3-1-4-9-16)15-21(25-22)17-10-5-2-6-11-17/h1-7,9-22,25,35H,8,23-24,26H2;1-15H,23H2/b12-7-,27-22+,31-17+;. The van der Waals surface area contributed by atoms with Gasteiger partial charge in [-0.1, -0.05) is 188 Å². The van der Waals surface area contributed by atoms with Crippen molar-refractivity contribution < 1.29 is 0 Å². The Morgan fingerprint density at radius 3 is 1.72 bits per heavy atom. The van der Waals surface area contributed by atoms with Crippen molar-refractivity contribution in [3.05, 3.63) is 252 Å². The third-order valence-corrected chi connectivity index (χ3v) is 10.4. The third-order valence-electron chi connectivity index (χ3n) is 10.4. The molecule has 7 aromatic carbocycles. The Labute approximate surface area is 354 Å². The minimum atomic E-state index is 0.674. The molecule has 0 saturated carbocycles. The van der Waals surface area contributed by atoms with E-state index in [9.17, 15) is 0 Å². The number of nitrogen functional groups attached to an aromatic ring is 1. The van der Waals surface area contributed by atoms with Crippen molar-refractivity contribution >= 4 is 22.6 Å². The minimum Gasteiger partial charge on any atom is -0.399 e. The summed E-state index contributed by atoms with van der Waals surface area (Å²) in [4.78, 5) is 9.55. The first-order valence-electron chi connectivity index (χ1n) is 20.6. The third kappa shape index (κ3) is 10.7. The Morgan fingerprint density at radius 1 is 0.483 bits per heavy atom. The van der Waals surface area contributed by atoms with Gasteiger partial charge in [-0.15, -0.1) is 0 Å². The van der Waals surface area contributed by atoms with E-state index in [-0.39, 0.29) is 0 Å². The van der Waals surface area contributed by atoms with Crippen LogP contribution in [0.5, 0.6) is 0 Å². The van der Waals surface area contributed by atoms with Crippen LogP contribution in [0.3, 0.4) is 0 Å². The number of rotatable bonds is 10. The van der Waals surface area contributed by atoms with E-state index < -0.39 is 0 Å². The number of nitrogens with zero attached hydrogens (tertiary/aromatic N) is 2. The van der Waals surface area contributed by atoms with Crippen LogP contribution in [0.2, 0.25) is 0 Å². The van der Waals surface area contributed by atoms with Crippen molar-refractivity contribution in [2.45, 2.75) is 25.7 Å². The van der Waals surface area contributed by atoms with Gasteiger partial charge in [0.05, 0.1) is 11.4 Å². The molecular weight excluding hydrogens is 729 g/mol. The van der Waals surface area contributed by atoms with E-state index in [0.29, 0.717) is 11.5 Å². The molecular formula is C56H48N4. The molecule has 3 N–H and O–H groups in total. The molecule has 0 spiro atoms. The topological polar surface area (TPSA) is 63.8 Å². The summed E-state index contributed by atoms with van der Waals surface area (Å²) >= 11 is 0. The fourth-order valence-corrected chi connectivity index (χ4v) is 7.39. The molecule has 1 aliphatic carbocycles. The molecule has 0 unspecified atom stereocenters. The molecule has 4 nitrogen and oxygen atoms in total. The van der Waals surface area contributed by atoms with Gasteiger partial charge in [-0.3, -0.25) is 0 Å². The van der Waals surface area contributed by atoms with Crippen LogP contribution in [0.25, 0.3) is 39.5 Å². The summed E-state index contributed by atoms with van der Waals surface area (Å²) in [5.74, 6) is 0.674. The Balaban J connectivity index is 0.000000176. The first-order valence-corrected chi connectivity index (χ1v) is 20.6. The molecule has 4 heteroatoms. The summed E-state index contributed by atoms with van der Waals surface area (Å²) in [7, 11) is 0. The lowest BCUT2D eigenvalue weighted by Crippen LogP contribution is -1.98. The monoisotopic (exact) mass is 776 g/mol. The summed E-state index contributed by atoms with van der Waals surface area (Å²) < 4.78 is 0. The molecule has 9 rings (SSSR count). The molecule has 292 valence electrons. The zero-order valence-corrected chi connectivity index (χ0v) is 33.7. The van der Waals surface area contributed by atoms with Crippen LogP contribution in [0, 0.1) is 0 Å². The smallest absolute Gasteiger partial charge is 0.160 e. The molecule has 8 aromatic rings. The first-order chi connectivity index (χ1) is 29.6. The summed E-state index contributed by atoms with van der Waals surface area (Å²) in [5, 5.41) is 3.58. The van der Waals surface area contributed by atoms with Crippen molar-refractivity contribution in [1.29, 1.82) is 0 Å². The van der Waals surface area contributed by atoms with E-state index in [0.717, 1.165) is 65.1 Å². The number of nitrogens with two attached hydrogens (primary N) is 1. The largest absolute Gasteiger partial charge is 0.399 e. The predicted octanol–water partition coefficient (Wildman–Crippen LogP) is 14.0. The Bertz CT molecular complexity index is 2660. The lowest BCUT2D eigenvalue weighted by molar-refractivity contribution is 1.12. The summed E-state index contributed by atoms with van der Waals surface area (Å²) in [6.45, 7) is 0. The number of para-hydroxylation sites is 2. The Kier molecular flexibility index (Phi) is 12.9. The Hall–Kier alpha value is -7.56. The predicted molar refractivity (Wildman–Crippen MR) is 253 cm³/mol. The zero-order chi connectivity index (χ0) is 40.8. The second-order valence-corrected chi connectivity index (χ2v) is 14.9. The first kappa shape index (κ1) is 39.3. The van der Waals surface area contributed by atoms with Crippen molar-refractivity contribution in [2.75, 3.05) is 11.1 Å². The van der Waals surface area contributed by atoms with Gasteiger partial charge in [0.25, 0.3) is 0 Å². The highest BCUT2D eigenvalue weighted by Crippen LogP contribution is 2.29. The zero-order valence-electron chi connectivity index (χ0n) is 33.7. The van der Waals surface area contributed by atoms with Gasteiger partial charge in [-0.2, -0.15) is 0 Å². The normalized spacial score (nSPS) is 14.5. The second kappa shape index (κ2) is 19.7. The van der Waals surface area contributed by atoms with Gasteiger partial charge in [-0.25, -0.2) is 9.97 Å². The highest BCUT2D eigenvalue weighted by atomic mass is 14.9. The lowest BCUT2D eigenvalue weighted by atomic mass is 9.94. The van der Waals surface area contributed by atoms with Gasteiger partial charge in [0.15, 0.2) is 5.82 Å². The highest BCUT2D eigenvalue weighted by Gasteiger charge is 2.11. The highest BCUT2D eigenvalue weighted by molar-refractivity contribution is 5.73. The molecule has 0 atom stereocenters. The molecule has 1 heterocycles. The summed E-state index contributed by atoms with van der Waals surface area (Å²) in [5.41, 5.74) is 21.9. The number of anilines is 3. The van der Waals surface area contributed by atoms with Crippen molar-refractivity contribution in [1.82, 2.24) is 9.97 Å². The molecule has 0 radical (unpaired) electrons. The van der Waals surface area contributed by atoms with Crippen LogP contribution >= 0.6 is 0 Å². The van der Waals surface area contributed by atoms with E-state index in [4.69, 9.17) is 15.7 Å². The van der Waals surface area contributed by atoms with E-state index in [1.54, 1.807) is 0 Å². The molecule has 1 aliphatic rings. The molecule has 0 bridgehead atoms. The molecule has 60 heavy (non-hydrogen) atoms. The maximum absolute atomic E-state index is 5.94.